The number of alkyl halides is 3. The molecule has 144 valence electrons. The average Bonchev–Trinajstić information content (AvgIpc) is 3.07. The van der Waals surface area contributed by atoms with Gasteiger partial charge >= 0.3 is 6.18 Å². The molecule has 0 saturated heterocycles. The molecule has 0 aliphatic rings. The van der Waals surface area contributed by atoms with Gasteiger partial charge in [0.2, 0.25) is 5.89 Å². The Kier molecular flexibility index (Phi) is 5.94. The van der Waals surface area contributed by atoms with Gasteiger partial charge in [-0.3, -0.25) is 9.48 Å². The van der Waals surface area contributed by atoms with Gasteiger partial charge < -0.3 is 9.42 Å². The molecule has 0 atom stereocenters. The van der Waals surface area contributed by atoms with Crippen LogP contribution in [-0.2, 0) is 26.2 Å². The Labute approximate surface area is 153 Å². The number of aromatic nitrogens is 4. The van der Waals surface area contributed by atoms with Gasteiger partial charge in [0.15, 0.2) is 11.5 Å². The fourth-order valence-electron chi connectivity index (χ4n) is 2.35. The van der Waals surface area contributed by atoms with Crippen LogP contribution in [0.25, 0.3) is 0 Å². The molecule has 2 heterocycles. The van der Waals surface area contributed by atoms with E-state index in [1.165, 1.54) is 11.9 Å². The predicted molar refractivity (Wildman–Crippen MR) is 86.5 cm³/mol. The second-order valence-electron chi connectivity index (χ2n) is 6.15. The third-order valence-corrected chi connectivity index (χ3v) is 3.91. The predicted octanol–water partition coefficient (Wildman–Crippen LogP) is 3.34. The minimum Gasteiger partial charge on any atom is -0.339 e. The highest BCUT2D eigenvalue weighted by Gasteiger charge is 2.40. The number of carbonyl (C=O) groups is 1. The second kappa shape index (κ2) is 7.65. The van der Waals surface area contributed by atoms with Gasteiger partial charge in [-0.25, -0.2) is 0 Å². The monoisotopic (exact) mass is 393 g/mol. The lowest BCUT2D eigenvalue weighted by Crippen LogP contribution is -2.32. The zero-order valence-electron chi connectivity index (χ0n) is 14.8. The van der Waals surface area contributed by atoms with Crippen molar-refractivity contribution in [2.75, 3.05) is 6.54 Å². The maximum Gasteiger partial charge on any atom is 0.436 e. The molecule has 0 fully saturated rings. The van der Waals surface area contributed by atoms with E-state index in [2.05, 4.69) is 15.2 Å². The van der Waals surface area contributed by atoms with Crippen LogP contribution in [0.5, 0.6) is 0 Å². The molecule has 0 saturated carbocycles. The van der Waals surface area contributed by atoms with Crippen molar-refractivity contribution in [3.05, 3.63) is 28.1 Å². The van der Waals surface area contributed by atoms with Crippen molar-refractivity contribution in [1.29, 1.82) is 0 Å². The summed E-state index contributed by atoms with van der Waals surface area (Å²) in [4.78, 5) is 18.1. The number of halogens is 4. The zero-order chi connectivity index (χ0) is 19.6. The lowest BCUT2D eigenvalue weighted by molar-refractivity contribution is -0.141. The quantitative estimate of drug-likeness (QED) is 0.752. The van der Waals surface area contributed by atoms with Crippen molar-refractivity contribution in [1.82, 2.24) is 24.8 Å². The molecule has 0 aliphatic carbocycles. The Morgan fingerprint density at radius 1 is 1.38 bits per heavy atom. The van der Waals surface area contributed by atoms with Crippen LogP contribution in [0.1, 0.15) is 48.7 Å². The van der Waals surface area contributed by atoms with E-state index in [1.807, 2.05) is 13.8 Å². The maximum atomic E-state index is 12.9. The Morgan fingerprint density at radius 3 is 2.54 bits per heavy atom. The molecule has 2 aromatic rings. The number of aryl methyl sites for hydroxylation is 1. The summed E-state index contributed by atoms with van der Waals surface area (Å²) >= 11 is 5.77. The van der Waals surface area contributed by atoms with Gasteiger partial charge in [-0.2, -0.15) is 23.3 Å². The molecule has 2 rings (SSSR count). The van der Waals surface area contributed by atoms with E-state index < -0.39 is 22.8 Å². The molecule has 0 unspecified atom stereocenters. The first-order chi connectivity index (χ1) is 12.0. The molecule has 2 aromatic heterocycles. The molecule has 26 heavy (non-hydrogen) atoms. The van der Waals surface area contributed by atoms with Gasteiger partial charge in [0.1, 0.15) is 10.7 Å². The summed E-state index contributed by atoms with van der Waals surface area (Å²) < 4.78 is 44.7. The lowest BCUT2D eigenvalue weighted by Gasteiger charge is -2.19. The SMILES string of the molecule is CCN(Cc1noc(CC(C)C)n1)C(=O)c1c(Cl)c(C(F)(F)F)nn1C. The highest BCUT2D eigenvalue weighted by molar-refractivity contribution is 6.34. The fraction of sp³-hybridized carbons (Fsp3) is 0.600. The van der Waals surface area contributed by atoms with E-state index in [-0.39, 0.29) is 24.6 Å². The molecule has 1 amide bonds. The molecule has 0 aliphatic heterocycles. The van der Waals surface area contributed by atoms with E-state index in [9.17, 15) is 18.0 Å². The van der Waals surface area contributed by atoms with Gasteiger partial charge in [0.25, 0.3) is 5.91 Å². The highest BCUT2D eigenvalue weighted by atomic mass is 35.5. The fourth-order valence-corrected chi connectivity index (χ4v) is 2.69. The summed E-state index contributed by atoms with van der Waals surface area (Å²) in [6.07, 6.45) is -4.15. The molecule has 0 bridgehead atoms. The molecular formula is C15H19ClF3N5O2. The minimum absolute atomic E-state index is 0.0141. The van der Waals surface area contributed by atoms with Gasteiger partial charge in [0, 0.05) is 20.0 Å². The summed E-state index contributed by atoms with van der Waals surface area (Å²) in [5.74, 6) is 0.334. The van der Waals surface area contributed by atoms with E-state index >= 15 is 0 Å². The number of nitrogens with zero attached hydrogens (tertiary/aromatic N) is 5. The molecule has 0 aromatic carbocycles. The van der Waals surface area contributed by atoms with Gasteiger partial charge in [-0.15, -0.1) is 0 Å². The Morgan fingerprint density at radius 2 is 2.04 bits per heavy atom. The number of rotatable bonds is 6. The van der Waals surface area contributed by atoms with Crippen molar-refractivity contribution >= 4 is 17.5 Å². The maximum absolute atomic E-state index is 12.9. The minimum atomic E-state index is -4.75. The summed E-state index contributed by atoms with van der Waals surface area (Å²) in [5.41, 5.74) is -1.63. The van der Waals surface area contributed by atoms with Crippen LogP contribution in [0.3, 0.4) is 0 Å². The van der Waals surface area contributed by atoms with Crippen LogP contribution >= 0.6 is 11.6 Å². The van der Waals surface area contributed by atoms with E-state index in [1.54, 1.807) is 6.92 Å². The summed E-state index contributed by atoms with van der Waals surface area (Å²) in [5, 5.41) is 6.41. The Bertz CT molecular complexity index is 785. The molecule has 11 heteroatoms. The smallest absolute Gasteiger partial charge is 0.339 e. The largest absolute Gasteiger partial charge is 0.436 e. The normalized spacial score (nSPS) is 12.0. The van der Waals surface area contributed by atoms with Crippen LogP contribution in [0.4, 0.5) is 13.2 Å². The van der Waals surface area contributed by atoms with Crippen molar-refractivity contribution in [2.45, 2.75) is 39.9 Å². The topological polar surface area (TPSA) is 77.1 Å². The molecule has 7 nitrogen and oxygen atoms in total. The van der Waals surface area contributed by atoms with Crippen molar-refractivity contribution in [2.24, 2.45) is 13.0 Å². The van der Waals surface area contributed by atoms with E-state index in [0.29, 0.717) is 18.2 Å². The van der Waals surface area contributed by atoms with Crippen LogP contribution in [0, 0.1) is 5.92 Å². The number of hydrogen-bond acceptors (Lipinski definition) is 5. The zero-order valence-corrected chi connectivity index (χ0v) is 15.5. The molecule has 0 N–H and O–H groups in total. The van der Waals surface area contributed by atoms with E-state index in [4.69, 9.17) is 16.1 Å². The van der Waals surface area contributed by atoms with E-state index in [0.717, 1.165) is 4.68 Å². The second-order valence-corrected chi connectivity index (χ2v) is 6.53. The van der Waals surface area contributed by atoms with Gasteiger partial charge in [-0.05, 0) is 12.8 Å². The Hall–Kier alpha value is -2.10. The van der Waals surface area contributed by atoms with Gasteiger partial charge in [-0.1, -0.05) is 30.6 Å². The molecule has 0 radical (unpaired) electrons. The highest BCUT2D eigenvalue weighted by Crippen LogP contribution is 2.35. The third kappa shape index (κ3) is 4.35. The van der Waals surface area contributed by atoms with Crippen LogP contribution in [-0.4, -0.2) is 37.3 Å². The van der Waals surface area contributed by atoms with Crippen molar-refractivity contribution < 1.29 is 22.5 Å². The first-order valence-electron chi connectivity index (χ1n) is 7.95. The third-order valence-electron chi connectivity index (χ3n) is 3.55. The average molecular weight is 394 g/mol. The van der Waals surface area contributed by atoms with Crippen LogP contribution < -0.4 is 0 Å². The Balaban J connectivity index is 2.24. The summed E-state index contributed by atoms with van der Waals surface area (Å²) in [6.45, 7) is 5.88. The standard InChI is InChI=1S/C15H19ClF3N5O2/c1-5-24(7-9-20-10(26-22-9)6-8(2)3)14(25)12-11(16)13(15(17,18)19)21-23(12)4/h8H,5-7H2,1-4H3. The van der Waals surface area contributed by atoms with Crippen molar-refractivity contribution in [3.63, 3.8) is 0 Å². The number of amides is 1. The molecule has 0 spiro atoms. The van der Waals surface area contributed by atoms with Gasteiger partial charge in [0.05, 0.1) is 6.54 Å². The number of carbonyl (C=O) groups excluding carboxylic acids is 1. The van der Waals surface area contributed by atoms with Crippen molar-refractivity contribution in [3.8, 4) is 0 Å². The van der Waals surface area contributed by atoms with Crippen LogP contribution in [0.15, 0.2) is 4.52 Å². The first kappa shape index (κ1) is 20.2. The number of hydrogen-bond donors (Lipinski definition) is 0. The first-order valence-corrected chi connectivity index (χ1v) is 8.32. The molecular weight excluding hydrogens is 375 g/mol. The lowest BCUT2D eigenvalue weighted by atomic mass is 10.1. The summed E-state index contributed by atoms with van der Waals surface area (Å²) in [6, 6.07) is 0. The summed E-state index contributed by atoms with van der Waals surface area (Å²) in [7, 11) is 1.23. The van der Waals surface area contributed by atoms with Crippen LogP contribution in [0.2, 0.25) is 5.02 Å².